The lowest BCUT2D eigenvalue weighted by Gasteiger charge is -2.24. The minimum Gasteiger partial charge on any atom is -0.312 e. The number of halogens is 1. The Labute approximate surface area is 154 Å². The molecule has 2 rings (SSSR count). The third-order valence-corrected chi connectivity index (χ3v) is 6.10. The van der Waals surface area contributed by atoms with Crippen LogP contribution in [0.1, 0.15) is 18.1 Å². The predicted molar refractivity (Wildman–Crippen MR) is 100 cm³/mol. The molecule has 7 heteroatoms. The van der Waals surface area contributed by atoms with Gasteiger partial charge in [0, 0.05) is 19.3 Å². The van der Waals surface area contributed by atoms with E-state index < -0.39 is 15.8 Å². The van der Waals surface area contributed by atoms with Crippen LogP contribution in [-0.4, -0.2) is 38.8 Å². The van der Waals surface area contributed by atoms with Crippen LogP contribution in [0.5, 0.6) is 0 Å². The fourth-order valence-corrected chi connectivity index (χ4v) is 3.75. The Hall–Kier alpha value is -2.25. The number of amides is 1. The minimum absolute atomic E-state index is 0.153. The van der Waals surface area contributed by atoms with Gasteiger partial charge in [-0.05, 0) is 68.3 Å². The quantitative estimate of drug-likeness (QED) is 0.776. The second-order valence-corrected chi connectivity index (χ2v) is 8.17. The summed E-state index contributed by atoms with van der Waals surface area (Å²) in [6, 6.07) is 10.4. The van der Waals surface area contributed by atoms with Gasteiger partial charge in [0.15, 0.2) is 0 Å². The van der Waals surface area contributed by atoms with Gasteiger partial charge in [0.25, 0.3) is 0 Å². The van der Waals surface area contributed by atoms with E-state index >= 15 is 0 Å². The molecule has 0 heterocycles. The summed E-state index contributed by atoms with van der Waals surface area (Å²) in [7, 11) is -2.40. The summed E-state index contributed by atoms with van der Waals surface area (Å²) in [5.74, 6) is -0.777. The number of likely N-dealkylation sites (N-methyl/N-ethyl adjacent to an activating group) is 2. The Bertz CT molecular complexity index is 896. The van der Waals surface area contributed by atoms with Gasteiger partial charge < -0.3 is 4.90 Å². The average Bonchev–Trinajstić information content (AvgIpc) is 2.59. The summed E-state index contributed by atoms with van der Waals surface area (Å²) in [5.41, 5.74) is 2.39. The van der Waals surface area contributed by atoms with Crippen LogP contribution in [0.15, 0.2) is 47.4 Å². The maximum Gasteiger partial charge on any atom is 0.243 e. The van der Waals surface area contributed by atoms with Crippen molar-refractivity contribution >= 4 is 21.6 Å². The molecule has 0 aliphatic heterocycles. The van der Waals surface area contributed by atoms with Crippen molar-refractivity contribution in [2.75, 3.05) is 25.0 Å². The molecule has 0 aliphatic carbocycles. The second kappa shape index (κ2) is 7.97. The van der Waals surface area contributed by atoms with E-state index in [1.807, 2.05) is 13.8 Å². The molecule has 0 spiro atoms. The van der Waals surface area contributed by atoms with E-state index in [2.05, 4.69) is 0 Å². The van der Waals surface area contributed by atoms with Gasteiger partial charge in [0.2, 0.25) is 15.9 Å². The predicted octanol–water partition coefficient (Wildman–Crippen LogP) is 3.12. The normalized spacial score (nSPS) is 11.6. The lowest BCUT2D eigenvalue weighted by atomic mass is 10.1. The highest BCUT2D eigenvalue weighted by atomic mass is 32.2. The smallest absolute Gasteiger partial charge is 0.243 e. The molecule has 0 saturated heterocycles. The molecule has 5 nitrogen and oxygen atoms in total. The summed E-state index contributed by atoms with van der Waals surface area (Å²) < 4.78 is 39.6. The number of sulfonamides is 1. The van der Waals surface area contributed by atoms with Gasteiger partial charge in [-0.25, -0.2) is 12.8 Å². The molecule has 26 heavy (non-hydrogen) atoms. The Morgan fingerprint density at radius 3 is 2.19 bits per heavy atom. The molecule has 0 bridgehead atoms. The Morgan fingerprint density at radius 1 is 1.04 bits per heavy atom. The summed E-state index contributed by atoms with van der Waals surface area (Å²) in [4.78, 5) is 14.2. The van der Waals surface area contributed by atoms with E-state index in [0.29, 0.717) is 12.2 Å². The summed E-state index contributed by atoms with van der Waals surface area (Å²) in [6.45, 7) is 5.56. The van der Waals surface area contributed by atoms with E-state index in [1.54, 1.807) is 19.1 Å². The van der Waals surface area contributed by atoms with E-state index in [-0.39, 0.29) is 17.3 Å². The minimum atomic E-state index is -3.78. The van der Waals surface area contributed by atoms with E-state index in [0.717, 1.165) is 15.4 Å². The zero-order valence-electron chi connectivity index (χ0n) is 15.4. The zero-order chi connectivity index (χ0) is 19.5. The maximum atomic E-state index is 13.1. The Morgan fingerprint density at radius 2 is 1.65 bits per heavy atom. The monoisotopic (exact) mass is 378 g/mol. The molecule has 0 aliphatic rings. The van der Waals surface area contributed by atoms with Crippen molar-refractivity contribution < 1.29 is 17.6 Å². The molecule has 1 amide bonds. The average molecular weight is 378 g/mol. The van der Waals surface area contributed by atoms with Crippen LogP contribution in [0, 0.1) is 19.7 Å². The molecule has 0 fully saturated rings. The number of benzene rings is 2. The lowest BCUT2D eigenvalue weighted by molar-refractivity contribution is -0.118. The van der Waals surface area contributed by atoms with Crippen LogP contribution < -0.4 is 4.90 Å². The number of hydrogen-bond acceptors (Lipinski definition) is 3. The molecule has 0 saturated carbocycles. The molecular formula is C19H23FN2O3S. The Kier molecular flexibility index (Phi) is 6.15. The number of rotatable bonds is 6. The maximum absolute atomic E-state index is 13.1. The first-order valence-electron chi connectivity index (χ1n) is 8.26. The zero-order valence-corrected chi connectivity index (χ0v) is 16.2. The van der Waals surface area contributed by atoms with E-state index in [4.69, 9.17) is 0 Å². The summed E-state index contributed by atoms with van der Waals surface area (Å²) in [6.07, 6.45) is 0. The van der Waals surface area contributed by atoms with Crippen molar-refractivity contribution in [3.63, 3.8) is 0 Å². The van der Waals surface area contributed by atoms with E-state index in [1.165, 1.54) is 42.3 Å². The number of hydrogen-bond donors (Lipinski definition) is 0. The van der Waals surface area contributed by atoms with Gasteiger partial charge in [-0.1, -0.05) is 6.07 Å². The van der Waals surface area contributed by atoms with Crippen LogP contribution in [0.2, 0.25) is 0 Å². The van der Waals surface area contributed by atoms with Crippen molar-refractivity contribution in [1.82, 2.24) is 4.31 Å². The van der Waals surface area contributed by atoms with E-state index in [9.17, 15) is 17.6 Å². The van der Waals surface area contributed by atoms with Crippen LogP contribution in [-0.2, 0) is 14.8 Å². The number of nitrogens with zero attached hydrogens (tertiary/aromatic N) is 2. The van der Waals surface area contributed by atoms with Gasteiger partial charge in [0.1, 0.15) is 5.82 Å². The third kappa shape index (κ3) is 4.28. The summed E-state index contributed by atoms with van der Waals surface area (Å²) in [5, 5.41) is 0. The molecule has 0 N–H and O–H groups in total. The van der Waals surface area contributed by atoms with Crippen LogP contribution in [0.3, 0.4) is 0 Å². The van der Waals surface area contributed by atoms with Crippen molar-refractivity contribution in [3.8, 4) is 0 Å². The number of carbonyl (C=O) groups excluding carboxylic acids is 1. The second-order valence-electron chi connectivity index (χ2n) is 6.12. The van der Waals surface area contributed by atoms with Crippen molar-refractivity contribution in [2.24, 2.45) is 0 Å². The van der Waals surface area contributed by atoms with Gasteiger partial charge in [-0.3, -0.25) is 4.79 Å². The topological polar surface area (TPSA) is 57.7 Å². The summed E-state index contributed by atoms with van der Waals surface area (Å²) >= 11 is 0. The standard InChI is InChI=1S/C19H23FN2O3S/c1-5-22(17-9-7-16(20)8-10-17)19(23)13-21(4)26(24,25)18-11-6-14(2)15(3)12-18/h6-12H,5,13H2,1-4H3. The van der Waals surface area contributed by atoms with Crippen LogP contribution >= 0.6 is 0 Å². The van der Waals surface area contributed by atoms with Crippen molar-refractivity contribution in [1.29, 1.82) is 0 Å². The third-order valence-electron chi connectivity index (χ3n) is 4.30. The van der Waals surface area contributed by atoms with Crippen LogP contribution in [0.4, 0.5) is 10.1 Å². The number of carbonyl (C=O) groups is 1. The van der Waals surface area contributed by atoms with Crippen molar-refractivity contribution in [2.45, 2.75) is 25.7 Å². The fourth-order valence-electron chi connectivity index (χ4n) is 2.54. The van der Waals surface area contributed by atoms with Crippen molar-refractivity contribution in [3.05, 3.63) is 59.4 Å². The highest BCUT2D eigenvalue weighted by Gasteiger charge is 2.25. The fraction of sp³-hybridized carbons (Fsp3) is 0.316. The molecule has 2 aromatic carbocycles. The highest BCUT2D eigenvalue weighted by Crippen LogP contribution is 2.19. The SMILES string of the molecule is CCN(C(=O)CN(C)S(=O)(=O)c1ccc(C)c(C)c1)c1ccc(F)cc1. The number of aryl methyl sites for hydroxylation is 2. The highest BCUT2D eigenvalue weighted by molar-refractivity contribution is 7.89. The van der Waals surface area contributed by atoms with Crippen LogP contribution in [0.25, 0.3) is 0 Å². The molecule has 2 aromatic rings. The molecule has 0 atom stereocenters. The largest absolute Gasteiger partial charge is 0.312 e. The molecule has 0 radical (unpaired) electrons. The first-order chi connectivity index (χ1) is 12.2. The first kappa shape index (κ1) is 20.1. The van der Waals surface area contributed by atoms with Gasteiger partial charge in [-0.15, -0.1) is 0 Å². The van der Waals surface area contributed by atoms with Gasteiger partial charge in [0.05, 0.1) is 11.4 Å². The Balaban J connectivity index is 2.20. The lowest BCUT2D eigenvalue weighted by Crippen LogP contribution is -2.41. The molecular weight excluding hydrogens is 355 g/mol. The van der Waals surface area contributed by atoms with Gasteiger partial charge in [-0.2, -0.15) is 4.31 Å². The molecule has 140 valence electrons. The first-order valence-corrected chi connectivity index (χ1v) is 9.70. The molecule has 0 aromatic heterocycles. The number of anilines is 1. The van der Waals surface area contributed by atoms with Gasteiger partial charge >= 0.3 is 0 Å². The molecule has 0 unspecified atom stereocenters.